The van der Waals surface area contributed by atoms with Gasteiger partial charge in [-0.25, -0.2) is 4.79 Å². The molecule has 2 aliphatic rings. The number of carbonyl (C=O) groups is 4. The highest BCUT2D eigenvalue weighted by Gasteiger charge is 2.29. The first kappa shape index (κ1) is 42.4. The van der Waals surface area contributed by atoms with Gasteiger partial charge in [0.2, 0.25) is 11.8 Å². The van der Waals surface area contributed by atoms with E-state index in [0.717, 1.165) is 37.1 Å². The van der Waals surface area contributed by atoms with Crippen LogP contribution in [0.5, 0.6) is 5.75 Å². The minimum atomic E-state index is -0.705. The number of hydrogen-bond donors (Lipinski definition) is 3. The van der Waals surface area contributed by atoms with E-state index < -0.39 is 17.6 Å². The monoisotopic (exact) mass is 829 g/mol. The first-order chi connectivity index (χ1) is 27.7. The number of hydrogen-bond acceptors (Lipinski definition) is 9. The summed E-state index contributed by atoms with van der Waals surface area (Å²) in [7, 11) is 1.55. The van der Waals surface area contributed by atoms with Crippen molar-refractivity contribution < 1.29 is 28.7 Å². The van der Waals surface area contributed by atoms with Crippen LogP contribution in [-0.2, 0) is 27.4 Å². The second kappa shape index (κ2) is 18.6. The molecule has 13 nitrogen and oxygen atoms in total. The smallest absolute Gasteiger partial charge is 0.410 e. The fraction of sp³-hybridized carbons (Fsp3) is 0.395. The van der Waals surface area contributed by atoms with Crippen molar-refractivity contribution in [2.75, 3.05) is 32.1 Å². The van der Waals surface area contributed by atoms with Crippen molar-refractivity contribution in [3.8, 4) is 28.1 Å². The van der Waals surface area contributed by atoms with Gasteiger partial charge in [0.1, 0.15) is 17.0 Å². The molecule has 0 unspecified atom stereocenters. The van der Waals surface area contributed by atoms with Gasteiger partial charge in [-0.1, -0.05) is 53.5 Å². The van der Waals surface area contributed by atoms with E-state index >= 15 is 0 Å². The number of ether oxygens (including phenoxy) is 2. The predicted molar refractivity (Wildman–Crippen MR) is 224 cm³/mol. The maximum atomic E-state index is 13.3. The number of benzene rings is 2. The molecule has 1 atom stereocenters. The van der Waals surface area contributed by atoms with Crippen molar-refractivity contribution in [3.05, 3.63) is 93.9 Å². The van der Waals surface area contributed by atoms with Crippen LogP contribution in [0.2, 0.25) is 10.0 Å². The second-order valence-corrected chi connectivity index (χ2v) is 16.3. The Morgan fingerprint density at radius 3 is 2.40 bits per heavy atom. The van der Waals surface area contributed by atoms with Crippen LogP contribution in [0.15, 0.2) is 67.0 Å². The molecule has 2 aromatic heterocycles. The number of nitrogens with zero attached hydrogens (tertiary/aromatic N) is 4. The summed E-state index contributed by atoms with van der Waals surface area (Å²) in [5.41, 5.74) is 3.93. The number of methoxy groups -OCH3 is 1. The van der Waals surface area contributed by atoms with Gasteiger partial charge >= 0.3 is 6.09 Å². The molecule has 0 spiro atoms. The Hall–Kier alpha value is -5.24. The molecule has 0 aliphatic carbocycles. The Morgan fingerprint density at radius 2 is 1.74 bits per heavy atom. The van der Waals surface area contributed by atoms with Crippen LogP contribution >= 0.6 is 23.2 Å². The van der Waals surface area contributed by atoms with Gasteiger partial charge in [0.25, 0.3) is 5.91 Å². The van der Waals surface area contributed by atoms with Gasteiger partial charge in [-0.15, -0.1) is 0 Å². The lowest BCUT2D eigenvalue weighted by molar-refractivity contribution is -0.130. The molecule has 2 saturated heterocycles. The van der Waals surface area contributed by atoms with Gasteiger partial charge in [0, 0.05) is 86.3 Å². The molecule has 58 heavy (non-hydrogen) atoms. The van der Waals surface area contributed by atoms with E-state index in [-0.39, 0.29) is 36.6 Å². The van der Waals surface area contributed by atoms with Crippen molar-refractivity contribution >= 4 is 52.7 Å². The second-order valence-electron chi connectivity index (χ2n) is 15.5. The predicted octanol–water partition coefficient (Wildman–Crippen LogP) is 7.49. The molecule has 2 aromatic carbocycles. The standard InChI is InChI=1S/C43H49Cl2N7O6/c1-26(53)51-19-16-30(17-20-51)47-22-27-9-13-35(48-23-27)41(55)50-34-8-6-7-32(38(34)44)33-15-18-46-40(39(33)45)28-10-11-29(36(21-28)57-5)24-52(42(56)58-43(2,3)4)25-31-12-14-37(54)49-31/h6-11,13,15,18,21,23,30-31,47H,12,14,16-17,19-20,22,24-25H2,1-5H3,(H,49,54)(H,50,55)/t31-/m0/s1. The Kier molecular flexibility index (Phi) is 13.6. The fourth-order valence-corrected chi connectivity index (χ4v) is 7.64. The summed E-state index contributed by atoms with van der Waals surface area (Å²) < 4.78 is 11.5. The third-order valence-corrected chi connectivity index (χ3v) is 10.9. The largest absolute Gasteiger partial charge is 0.496 e. The summed E-state index contributed by atoms with van der Waals surface area (Å²) in [5.74, 6) is 0.166. The highest BCUT2D eigenvalue weighted by atomic mass is 35.5. The highest BCUT2D eigenvalue weighted by molar-refractivity contribution is 6.39. The quantitative estimate of drug-likeness (QED) is 0.132. The zero-order chi connectivity index (χ0) is 41.6. The molecule has 3 N–H and O–H groups in total. The van der Waals surface area contributed by atoms with Crippen LogP contribution in [0.3, 0.4) is 0 Å². The maximum absolute atomic E-state index is 13.3. The number of piperidine rings is 1. The normalized spacial score (nSPS) is 15.8. The number of pyridine rings is 2. The Labute approximate surface area is 348 Å². The van der Waals surface area contributed by atoms with Crippen LogP contribution < -0.4 is 20.7 Å². The zero-order valence-electron chi connectivity index (χ0n) is 33.4. The Bertz CT molecular complexity index is 2150. The highest BCUT2D eigenvalue weighted by Crippen LogP contribution is 2.41. The van der Waals surface area contributed by atoms with Crippen LogP contribution in [0.25, 0.3) is 22.4 Å². The lowest BCUT2D eigenvalue weighted by Gasteiger charge is -2.31. The van der Waals surface area contributed by atoms with Crippen molar-refractivity contribution in [1.82, 2.24) is 30.4 Å². The number of likely N-dealkylation sites (tertiary alicyclic amines) is 1. The molecule has 6 rings (SSSR count). The van der Waals surface area contributed by atoms with E-state index in [2.05, 4.69) is 25.9 Å². The number of carbonyl (C=O) groups excluding carboxylic acids is 4. The van der Waals surface area contributed by atoms with Gasteiger partial charge in [-0.3, -0.25) is 24.4 Å². The van der Waals surface area contributed by atoms with E-state index in [1.165, 1.54) is 0 Å². The molecular formula is C43H49Cl2N7O6. The molecule has 0 saturated carbocycles. The number of anilines is 1. The minimum absolute atomic E-state index is 0.0382. The SMILES string of the molecule is COc1cc(-c2nccc(-c3cccc(NC(=O)c4ccc(CNC5CCN(C(C)=O)CC5)cn4)c3Cl)c2Cl)ccc1CN(C[C@@H]1CCC(=O)N1)C(=O)OC(C)(C)C. The summed E-state index contributed by atoms with van der Waals surface area (Å²) in [5, 5.41) is 9.97. The molecule has 2 fully saturated rings. The van der Waals surface area contributed by atoms with Crippen LogP contribution in [0, 0.1) is 0 Å². The molecule has 15 heteroatoms. The van der Waals surface area contributed by atoms with E-state index in [1.807, 2.05) is 56.0 Å². The number of rotatable bonds is 12. The van der Waals surface area contributed by atoms with Gasteiger partial charge in [-0.2, -0.15) is 0 Å². The van der Waals surface area contributed by atoms with Gasteiger partial charge in [0.15, 0.2) is 0 Å². The maximum Gasteiger partial charge on any atom is 0.410 e. The molecule has 0 radical (unpaired) electrons. The number of amides is 4. The average molecular weight is 831 g/mol. The summed E-state index contributed by atoms with van der Waals surface area (Å²) in [6.07, 6.45) is 5.65. The van der Waals surface area contributed by atoms with Crippen molar-refractivity contribution in [1.29, 1.82) is 0 Å². The summed E-state index contributed by atoms with van der Waals surface area (Å²) >= 11 is 14.0. The molecule has 4 heterocycles. The van der Waals surface area contributed by atoms with E-state index in [0.29, 0.717) is 69.3 Å². The van der Waals surface area contributed by atoms with Crippen molar-refractivity contribution in [3.63, 3.8) is 0 Å². The lowest BCUT2D eigenvalue weighted by atomic mass is 10.0. The summed E-state index contributed by atoms with van der Waals surface area (Å²) in [6, 6.07) is 16.3. The molecule has 306 valence electrons. The Morgan fingerprint density at radius 1 is 0.983 bits per heavy atom. The van der Waals surface area contributed by atoms with Gasteiger partial charge in [0.05, 0.1) is 35.1 Å². The first-order valence-electron chi connectivity index (χ1n) is 19.3. The summed E-state index contributed by atoms with van der Waals surface area (Å²) in [4.78, 5) is 62.5. The fourth-order valence-electron chi connectivity index (χ4n) is 7.04. The van der Waals surface area contributed by atoms with Crippen LogP contribution in [0.1, 0.15) is 75.0 Å². The Balaban J connectivity index is 1.15. The van der Waals surface area contributed by atoms with Gasteiger partial charge in [-0.05, 0) is 69.9 Å². The number of nitrogens with one attached hydrogen (secondary N) is 3. The van der Waals surface area contributed by atoms with Crippen LogP contribution in [-0.4, -0.2) is 88.0 Å². The molecule has 4 aromatic rings. The summed E-state index contributed by atoms with van der Waals surface area (Å²) in [6.45, 7) is 9.59. The van der Waals surface area contributed by atoms with Gasteiger partial charge < -0.3 is 35.2 Å². The van der Waals surface area contributed by atoms with E-state index in [1.54, 1.807) is 55.6 Å². The van der Waals surface area contributed by atoms with Crippen molar-refractivity contribution in [2.45, 2.75) is 84.2 Å². The lowest BCUT2D eigenvalue weighted by Crippen LogP contribution is -2.43. The minimum Gasteiger partial charge on any atom is -0.496 e. The number of halogens is 2. The molecule has 0 bridgehead atoms. The average Bonchev–Trinajstić information content (AvgIpc) is 3.61. The number of aromatic nitrogens is 2. The van der Waals surface area contributed by atoms with Crippen LogP contribution in [0.4, 0.5) is 10.5 Å². The first-order valence-corrected chi connectivity index (χ1v) is 20.1. The molecule has 2 aliphatic heterocycles. The van der Waals surface area contributed by atoms with Crippen molar-refractivity contribution in [2.24, 2.45) is 0 Å². The third-order valence-electron chi connectivity index (χ3n) is 10.1. The topological polar surface area (TPSA) is 155 Å². The van der Waals surface area contributed by atoms with E-state index in [9.17, 15) is 19.2 Å². The molecular weight excluding hydrogens is 781 g/mol. The third kappa shape index (κ3) is 10.6. The molecule has 4 amide bonds. The zero-order valence-corrected chi connectivity index (χ0v) is 34.9. The van der Waals surface area contributed by atoms with E-state index in [4.69, 9.17) is 32.7 Å².